The molecule has 0 bridgehead atoms. The molecule has 1 saturated heterocycles. The van der Waals surface area contributed by atoms with E-state index in [1.54, 1.807) is 18.1 Å². The van der Waals surface area contributed by atoms with Crippen molar-refractivity contribution >= 4 is 23.4 Å². The van der Waals surface area contributed by atoms with E-state index in [4.69, 9.17) is 25.8 Å². The number of nitrogens with one attached hydrogen (secondary N) is 1. The zero-order valence-electron chi connectivity index (χ0n) is 21.1. The van der Waals surface area contributed by atoms with E-state index in [1.165, 1.54) is 6.42 Å². The van der Waals surface area contributed by atoms with Gasteiger partial charge in [0.2, 0.25) is 11.8 Å². The van der Waals surface area contributed by atoms with Gasteiger partial charge in [-0.3, -0.25) is 14.5 Å². The van der Waals surface area contributed by atoms with Gasteiger partial charge in [0.1, 0.15) is 11.9 Å². The Kier molecular flexibility index (Phi) is 11.4. The molecule has 1 unspecified atom stereocenters. The first-order valence-electron chi connectivity index (χ1n) is 12.8. The summed E-state index contributed by atoms with van der Waals surface area (Å²) >= 11 is 6.04. The Balaban J connectivity index is 1.89. The van der Waals surface area contributed by atoms with Crippen molar-refractivity contribution in [3.05, 3.63) is 23.8 Å². The molecule has 2 aliphatic rings. The number of hydrogen-bond donors (Lipinski definition) is 1. The van der Waals surface area contributed by atoms with E-state index in [9.17, 15) is 9.59 Å². The third kappa shape index (κ3) is 7.98. The molecule has 196 valence electrons. The van der Waals surface area contributed by atoms with Gasteiger partial charge in [-0.05, 0) is 37.0 Å². The van der Waals surface area contributed by atoms with Gasteiger partial charge in [-0.2, -0.15) is 0 Å². The molecule has 1 heterocycles. The molecule has 8 nitrogen and oxygen atoms in total. The molecule has 1 aliphatic heterocycles. The predicted octanol–water partition coefficient (Wildman–Crippen LogP) is 3.37. The SMILES string of the molecule is CCCOc1ccc(C(C(=O)NC2CCCCC2)N(CCN2CCOCC2)C(=O)CCl)cc1OC. The Hall–Kier alpha value is -2.03. The van der Waals surface area contributed by atoms with Crippen LogP contribution in [-0.4, -0.2) is 86.6 Å². The first kappa shape index (κ1) is 27.6. The minimum absolute atomic E-state index is 0.125. The van der Waals surface area contributed by atoms with E-state index >= 15 is 0 Å². The molecule has 1 aromatic carbocycles. The van der Waals surface area contributed by atoms with Crippen molar-refractivity contribution in [2.24, 2.45) is 0 Å². The maximum absolute atomic E-state index is 13.7. The third-order valence-corrected chi connectivity index (χ3v) is 6.90. The smallest absolute Gasteiger partial charge is 0.247 e. The van der Waals surface area contributed by atoms with Crippen LogP contribution in [0.25, 0.3) is 0 Å². The number of ether oxygens (including phenoxy) is 3. The van der Waals surface area contributed by atoms with E-state index in [-0.39, 0.29) is 23.7 Å². The molecule has 2 fully saturated rings. The lowest BCUT2D eigenvalue weighted by molar-refractivity contribution is -0.140. The number of alkyl halides is 1. The van der Waals surface area contributed by atoms with Crippen molar-refractivity contribution in [1.29, 1.82) is 0 Å². The molecular weight excluding hydrogens is 470 g/mol. The van der Waals surface area contributed by atoms with E-state index in [0.29, 0.717) is 50.0 Å². The number of halogens is 1. The molecular formula is C26H40ClN3O5. The molecule has 1 aromatic rings. The second-order valence-electron chi connectivity index (χ2n) is 9.18. The molecule has 2 amide bonds. The number of carbonyl (C=O) groups is 2. The van der Waals surface area contributed by atoms with Crippen LogP contribution in [0.5, 0.6) is 11.5 Å². The zero-order chi connectivity index (χ0) is 25.0. The van der Waals surface area contributed by atoms with Crippen molar-refractivity contribution < 1.29 is 23.8 Å². The highest BCUT2D eigenvalue weighted by Crippen LogP contribution is 2.33. The lowest BCUT2D eigenvalue weighted by atomic mass is 9.94. The maximum Gasteiger partial charge on any atom is 0.247 e. The van der Waals surface area contributed by atoms with Crippen LogP contribution in [0.1, 0.15) is 57.1 Å². The van der Waals surface area contributed by atoms with Crippen LogP contribution in [-0.2, 0) is 14.3 Å². The normalized spacial score (nSPS) is 18.0. The summed E-state index contributed by atoms with van der Waals surface area (Å²) in [5.74, 6) is 0.520. The Morgan fingerprint density at radius 2 is 1.94 bits per heavy atom. The van der Waals surface area contributed by atoms with Crippen LogP contribution in [0.4, 0.5) is 0 Å². The molecule has 9 heteroatoms. The predicted molar refractivity (Wildman–Crippen MR) is 136 cm³/mol. The average molecular weight is 510 g/mol. The van der Waals surface area contributed by atoms with E-state index in [1.807, 2.05) is 19.1 Å². The van der Waals surface area contributed by atoms with Crippen molar-refractivity contribution in [1.82, 2.24) is 15.1 Å². The monoisotopic (exact) mass is 509 g/mol. The average Bonchev–Trinajstić information content (AvgIpc) is 2.90. The summed E-state index contributed by atoms with van der Waals surface area (Å²) in [6, 6.07) is 4.79. The lowest BCUT2D eigenvalue weighted by Crippen LogP contribution is -2.50. The minimum atomic E-state index is -0.807. The highest BCUT2D eigenvalue weighted by atomic mass is 35.5. The number of hydrogen-bond acceptors (Lipinski definition) is 6. The maximum atomic E-state index is 13.7. The standard InChI is InChI=1S/C26H40ClN3O5/c1-3-15-35-22-10-9-20(18-23(22)33-2)25(26(32)28-21-7-5-4-6-8-21)30(24(31)19-27)12-11-29-13-16-34-17-14-29/h9-10,18,21,25H,3-8,11-17,19H2,1-2H3,(H,28,32). The summed E-state index contributed by atoms with van der Waals surface area (Å²) in [5, 5.41) is 3.22. The molecule has 1 aliphatic carbocycles. The number of amides is 2. The van der Waals surface area contributed by atoms with Crippen LogP contribution in [0.2, 0.25) is 0 Å². The fraction of sp³-hybridized carbons (Fsp3) is 0.692. The molecule has 3 rings (SSSR count). The Morgan fingerprint density at radius 3 is 2.60 bits per heavy atom. The Labute approximate surface area is 214 Å². The number of methoxy groups -OCH3 is 1. The van der Waals surface area contributed by atoms with Gasteiger partial charge in [-0.25, -0.2) is 0 Å². The third-order valence-electron chi connectivity index (χ3n) is 6.67. The second-order valence-corrected chi connectivity index (χ2v) is 9.45. The van der Waals surface area contributed by atoms with Gasteiger partial charge in [0, 0.05) is 32.2 Å². The van der Waals surface area contributed by atoms with Crippen molar-refractivity contribution in [2.45, 2.75) is 57.5 Å². The van der Waals surface area contributed by atoms with Gasteiger partial charge in [0.25, 0.3) is 0 Å². The topological polar surface area (TPSA) is 80.3 Å². The molecule has 0 aromatic heterocycles. The number of benzene rings is 1. The quantitative estimate of drug-likeness (QED) is 0.435. The molecule has 1 atom stereocenters. The van der Waals surface area contributed by atoms with Crippen LogP contribution in [0.3, 0.4) is 0 Å². The van der Waals surface area contributed by atoms with Crippen molar-refractivity contribution in [2.75, 3.05) is 59.0 Å². The van der Waals surface area contributed by atoms with Crippen LogP contribution in [0.15, 0.2) is 18.2 Å². The number of morpholine rings is 1. The molecule has 1 N–H and O–H groups in total. The van der Waals surface area contributed by atoms with Crippen LogP contribution in [0, 0.1) is 0 Å². The summed E-state index contributed by atoms with van der Waals surface area (Å²) in [6.45, 7) is 6.60. The highest BCUT2D eigenvalue weighted by molar-refractivity contribution is 6.27. The van der Waals surface area contributed by atoms with E-state index < -0.39 is 6.04 Å². The molecule has 0 radical (unpaired) electrons. The second kappa shape index (κ2) is 14.5. The van der Waals surface area contributed by atoms with Crippen molar-refractivity contribution in [3.8, 4) is 11.5 Å². The van der Waals surface area contributed by atoms with Gasteiger partial charge in [0.05, 0.1) is 26.9 Å². The molecule has 35 heavy (non-hydrogen) atoms. The first-order valence-corrected chi connectivity index (χ1v) is 13.4. The van der Waals surface area contributed by atoms with Gasteiger partial charge in [0.15, 0.2) is 11.5 Å². The van der Waals surface area contributed by atoms with Gasteiger partial charge >= 0.3 is 0 Å². The van der Waals surface area contributed by atoms with Gasteiger partial charge in [-0.1, -0.05) is 32.3 Å². The summed E-state index contributed by atoms with van der Waals surface area (Å²) < 4.78 is 16.8. The summed E-state index contributed by atoms with van der Waals surface area (Å²) in [4.78, 5) is 30.7. The first-order chi connectivity index (χ1) is 17.1. The fourth-order valence-electron chi connectivity index (χ4n) is 4.73. The minimum Gasteiger partial charge on any atom is -0.493 e. The summed E-state index contributed by atoms with van der Waals surface area (Å²) in [7, 11) is 1.58. The van der Waals surface area contributed by atoms with Crippen LogP contribution < -0.4 is 14.8 Å². The lowest BCUT2D eigenvalue weighted by Gasteiger charge is -2.35. The number of carbonyl (C=O) groups excluding carboxylic acids is 2. The molecule has 0 spiro atoms. The Morgan fingerprint density at radius 1 is 1.20 bits per heavy atom. The summed E-state index contributed by atoms with van der Waals surface area (Å²) in [6.07, 6.45) is 6.20. The van der Waals surface area contributed by atoms with Gasteiger partial charge in [-0.15, -0.1) is 11.6 Å². The fourth-order valence-corrected chi connectivity index (χ4v) is 4.89. The van der Waals surface area contributed by atoms with E-state index in [2.05, 4.69) is 10.2 Å². The van der Waals surface area contributed by atoms with E-state index in [0.717, 1.165) is 45.2 Å². The van der Waals surface area contributed by atoms with Crippen molar-refractivity contribution in [3.63, 3.8) is 0 Å². The van der Waals surface area contributed by atoms with Gasteiger partial charge < -0.3 is 24.4 Å². The zero-order valence-corrected chi connectivity index (χ0v) is 21.9. The highest BCUT2D eigenvalue weighted by Gasteiger charge is 2.33. The number of nitrogens with zero attached hydrogens (tertiary/aromatic N) is 2. The molecule has 1 saturated carbocycles. The largest absolute Gasteiger partial charge is 0.493 e. The van der Waals surface area contributed by atoms with Crippen LogP contribution >= 0.6 is 11.6 Å². The Bertz CT molecular complexity index is 812. The summed E-state index contributed by atoms with van der Waals surface area (Å²) in [5.41, 5.74) is 0.680. The number of rotatable bonds is 12.